The average Bonchev–Trinajstić information content (AvgIpc) is 3.42. The van der Waals surface area contributed by atoms with Gasteiger partial charge in [-0.25, -0.2) is 4.98 Å². The van der Waals surface area contributed by atoms with Crippen molar-refractivity contribution < 1.29 is 9.32 Å². The molecule has 3 heterocycles. The van der Waals surface area contributed by atoms with Crippen LogP contribution in [0.5, 0.6) is 0 Å². The number of amides is 1. The Morgan fingerprint density at radius 2 is 2.03 bits per heavy atom. The van der Waals surface area contributed by atoms with Gasteiger partial charge in [0, 0.05) is 22.4 Å². The van der Waals surface area contributed by atoms with E-state index < -0.39 is 0 Å². The molecule has 0 unspecified atom stereocenters. The van der Waals surface area contributed by atoms with Gasteiger partial charge in [-0.1, -0.05) is 35.0 Å². The number of carbonyl (C=O) groups is 1. The van der Waals surface area contributed by atoms with Gasteiger partial charge in [-0.3, -0.25) is 4.79 Å². The quantitative estimate of drug-likeness (QED) is 0.410. The SMILES string of the molecule is Cc1nc(-c2ccc(CCNC(=O)c3c(-c4ccccc4Cl)noc3C)s2)cs1. The lowest BCUT2D eigenvalue weighted by atomic mass is 10.1. The van der Waals surface area contributed by atoms with Gasteiger partial charge in [0.15, 0.2) is 0 Å². The van der Waals surface area contributed by atoms with Crippen molar-refractivity contribution in [2.75, 3.05) is 6.54 Å². The van der Waals surface area contributed by atoms with Crippen LogP contribution in [0.1, 0.15) is 26.0 Å². The first-order valence-corrected chi connectivity index (χ1v) is 11.1. The third-order valence-electron chi connectivity index (χ3n) is 4.41. The molecule has 1 amide bonds. The Labute approximate surface area is 181 Å². The minimum absolute atomic E-state index is 0.217. The predicted molar refractivity (Wildman–Crippen MR) is 118 cm³/mol. The van der Waals surface area contributed by atoms with Gasteiger partial charge in [0.05, 0.1) is 20.6 Å². The van der Waals surface area contributed by atoms with E-state index in [0.29, 0.717) is 34.1 Å². The average molecular weight is 444 g/mol. The maximum Gasteiger partial charge on any atom is 0.257 e. The molecule has 4 aromatic rings. The highest BCUT2D eigenvalue weighted by Gasteiger charge is 2.22. The summed E-state index contributed by atoms with van der Waals surface area (Å²) < 4.78 is 5.27. The number of rotatable bonds is 6. The normalized spacial score (nSPS) is 11.0. The number of hydrogen-bond donors (Lipinski definition) is 1. The lowest BCUT2D eigenvalue weighted by Gasteiger charge is -2.06. The van der Waals surface area contributed by atoms with Crippen molar-refractivity contribution in [3.8, 4) is 21.8 Å². The number of carbonyl (C=O) groups excluding carboxylic acids is 1. The summed E-state index contributed by atoms with van der Waals surface area (Å²) in [6, 6.07) is 11.4. The molecule has 0 aliphatic carbocycles. The molecule has 0 saturated heterocycles. The van der Waals surface area contributed by atoms with E-state index >= 15 is 0 Å². The van der Waals surface area contributed by atoms with Crippen molar-refractivity contribution in [2.24, 2.45) is 0 Å². The summed E-state index contributed by atoms with van der Waals surface area (Å²) in [5.74, 6) is 0.250. The lowest BCUT2D eigenvalue weighted by Crippen LogP contribution is -2.26. The maximum atomic E-state index is 12.8. The fraction of sp³-hybridized carbons (Fsp3) is 0.190. The minimum atomic E-state index is -0.217. The highest BCUT2D eigenvalue weighted by Crippen LogP contribution is 2.31. The molecule has 29 heavy (non-hydrogen) atoms. The molecule has 0 spiro atoms. The van der Waals surface area contributed by atoms with Crippen LogP contribution >= 0.6 is 34.3 Å². The standard InChI is InChI=1S/C21H18ClN3O2S2/c1-12-19(20(25-27-12)15-5-3-4-6-16(15)22)21(26)23-10-9-14-7-8-18(29-14)17-11-28-13(2)24-17/h3-8,11H,9-10H2,1-2H3,(H,23,26). The molecule has 1 N–H and O–H groups in total. The van der Waals surface area contributed by atoms with Crippen molar-refractivity contribution in [3.63, 3.8) is 0 Å². The van der Waals surface area contributed by atoms with Crippen LogP contribution in [0.15, 0.2) is 46.3 Å². The molecular formula is C21H18ClN3O2S2. The molecule has 0 atom stereocenters. The first-order valence-electron chi connectivity index (χ1n) is 9.03. The topological polar surface area (TPSA) is 68.0 Å². The summed E-state index contributed by atoms with van der Waals surface area (Å²) in [4.78, 5) is 19.7. The summed E-state index contributed by atoms with van der Waals surface area (Å²) in [6.07, 6.45) is 0.741. The second kappa shape index (κ2) is 8.49. The van der Waals surface area contributed by atoms with Crippen molar-refractivity contribution >= 4 is 40.2 Å². The van der Waals surface area contributed by atoms with Crippen LogP contribution in [0.25, 0.3) is 21.8 Å². The second-order valence-electron chi connectivity index (χ2n) is 6.47. The highest BCUT2D eigenvalue weighted by molar-refractivity contribution is 7.16. The molecule has 4 rings (SSSR count). The summed E-state index contributed by atoms with van der Waals surface area (Å²) in [6.45, 7) is 4.24. The van der Waals surface area contributed by atoms with Crippen molar-refractivity contribution in [1.29, 1.82) is 0 Å². The Hall–Kier alpha value is -2.48. The number of thiazole rings is 1. The number of hydrogen-bond acceptors (Lipinski definition) is 6. The van der Waals surface area contributed by atoms with Crippen LogP contribution in [0.3, 0.4) is 0 Å². The van der Waals surface area contributed by atoms with Gasteiger partial charge in [0.25, 0.3) is 5.91 Å². The van der Waals surface area contributed by atoms with E-state index in [1.165, 1.54) is 4.88 Å². The summed E-state index contributed by atoms with van der Waals surface area (Å²) in [5.41, 5.74) is 2.57. The Kier molecular flexibility index (Phi) is 5.80. The number of nitrogens with zero attached hydrogens (tertiary/aromatic N) is 2. The first kappa shape index (κ1) is 19.8. The van der Waals surface area contributed by atoms with Crippen LogP contribution in [0.4, 0.5) is 0 Å². The fourth-order valence-corrected chi connectivity index (χ4v) is 4.87. The van der Waals surface area contributed by atoms with Crippen LogP contribution in [-0.4, -0.2) is 22.6 Å². The summed E-state index contributed by atoms with van der Waals surface area (Å²) in [5, 5.41) is 10.7. The van der Waals surface area contributed by atoms with Crippen LogP contribution in [0.2, 0.25) is 5.02 Å². The Balaban J connectivity index is 1.43. The van der Waals surface area contributed by atoms with E-state index in [0.717, 1.165) is 22.0 Å². The summed E-state index contributed by atoms with van der Waals surface area (Å²) in [7, 11) is 0. The number of benzene rings is 1. The predicted octanol–water partition coefficient (Wildman–Crippen LogP) is 5.77. The smallest absolute Gasteiger partial charge is 0.257 e. The third kappa shape index (κ3) is 4.27. The van der Waals surface area contributed by atoms with Crippen molar-refractivity contribution in [3.05, 3.63) is 68.0 Å². The number of aryl methyl sites for hydroxylation is 2. The Bertz CT molecular complexity index is 1160. The number of thiophene rings is 1. The summed E-state index contributed by atoms with van der Waals surface area (Å²) >= 11 is 9.61. The lowest BCUT2D eigenvalue weighted by molar-refractivity contribution is 0.0953. The van der Waals surface area contributed by atoms with E-state index in [1.54, 1.807) is 35.7 Å². The first-order chi connectivity index (χ1) is 14.0. The van der Waals surface area contributed by atoms with E-state index in [4.69, 9.17) is 16.1 Å². The molecule has 0 aliphatic rings. The minimum Gasteiger partial charge on any atom is -0.360 e. The zero-order chi connectivity index (χ0) is 20.4. The zero-order valence-corrected chi connectivity index (χ0v) is 18.2. The molecule has 0 fully saturated rings. The number of nitrogens with one attached hydrogen (secondary N) is 1. The van der Waals surface area contributed by atoms with Crippen molar-refractivity contribution in [2.45, 2.75) is 20.3 Å². The molecule has 0 aliphatic heterocycles. The van der Waals surface area contributed by atoms with Gasteiger partial charge < -0.3 is 9.84 Å². The third-order valence-corrected chi connectivity index (χ3v) is 6.68. The molecule has 148 valence electrons. The van der Waals surface area contributed by atoms with Gasteiger partial charge in [0.1, 0.15) is 17.0 Å². The van der Waals surface area contributed by atoms with Gasteiger partial charge >= 0.3 is 0 Å². The van der Waals surface area contributed by atoms with Gasteiger partial charge in [-0.15, -0.1) is 22.7 Å². The number of aromatic nitrogens is 2. The van der Waals surface area contributed by atoms with Crippen molar-refractivity contribution in [1.82, 2.24) is 15.5 Å². The Morgan fingerprint density at radius 3 is 2.79 bits per heavy atom. The van der Waals surface area contributed by atoms with Gasteiger partial charge in [-0.05, 0) is 38.5 Å². The molecule has 0 saturated carbocycles. The molecular weight excluding hydrogens is 426 g/mol. The monoisotopic (exact) mass is 443 g/mol. The molecule has 5 nitrogen and oxygen atoms in total. The largest absolute Gasteiger partial charge is 0.360 e. The van der Waals surface area contributed by atoms with E-state index in [9.17, 15) is 4.79 Å². The van der Waals surface area contributed by atoms with Crippen LogP contribution < -0.4 is 5.32 Å². The van der Waals surface area contributed by atoms with E-state index in [2.05, 4.69) is 33.0 Å². The highest BCUT2D eigenvalue weighted by atomic mass is 35.5. The number of halogens is 1. The molecule has 3 aromatic heterocycles. The molecule has 1 aromatic carbocycles. The van der Waals surface area contributed by atoms with Crippen LogP contribution in [-0.2, 0) is 6.42 Å². The second-order valence-corrected chi connectivity index (χ2v) is 9.10. The molecule has 0 bridgehead atoms. The van der Waals surface area contributed by atoms with Crippen LogP contribution in [0, 0.1) is 13.8 Å². The molecule has 8 heteroatoms. The van der Waals surface area contributed by atoms with E-state index in [1.807, 2.05) is 25.1 Å². The fourth-order valence-electron chi connectivity index (χ4n) is 2.99. The molecule has 0 radical (unpaired) electrons. The maximum absolute atomic E-state index is 12.8. The van der Waals surface area contributed by atoms with Gasteiger partial charge in [-0.2, -0.15) is 0 Å². The zero-order valence-electron chi connectivity index (χ0n) is 15.9. The van der Waals surface area contributed by atoms with Gasteiger partial charge in [0.2, 0.25) is 0 Å². The Morgan fingerprint density at radius 1 is 1.21 bits per heavy atom. The van der Waals surface area contributed by atoms with E-state index in [-0.39, 0.29) is 5.91 Å².